The molecule has 0 saturated carbocycles. The molecule has 0 amide bonds. The Hall–Kier alpha value is -2.00. The van der Waals surface area contributed by atoms with E-state index >= 15 is 0 Å². The van der Waals surface area contributed by atoms with Crippen molar-refractivity contribution in [3.05, 3.63) is 59.7 Å². The van der Waals surface area contributed by atoms with Gasteiger partial charge in [-0.05, 0) is 66.9 Å². The first-order chi connectivity index (χ1) is 14.0. The van der Waals surface area contributed by atoms with E-state index in [-0.39, 0.29) is 6.10 Å². The Bertz CT molecular complexity index is 971. The van der Waals surface area contributed by atoms with Crippen molar-refractivity contribution >= 4 is 33.0 Å². The number of fused-ring (bicyclic) bond motifs is 1. The topological polar surface area (TPSA) is 70.7 Å². The lowest BCUT2D eigenvalue weighted by Crippen LogP contribution is -2.36. The minimum atomic E-state index is -3.53. The summed E-state index contributed by atoms with van der Waals surface area (Å²) in [5, 5.41) is 6.74. The second-order valence-electron chi connectivity index (χ2n) is 7.35. The number of sulfonamides is 1. The Morgan fingerprint density at radius 1 is 1.14 bits per heavy atom. The molecule has 0 radical (unpaired) electrons. The number of thiocarbonyl (C=S) groups is 1. The summed E-state index contributed by atoms with van der Waals surface area (Å²) >= 11 is 5.31. The highest BCUT2D eigenvalue weighted by Crippen LogP contribution is 2.25. The maximum Gasteiger partial charge on any atom is 0.243 e. The van der Waals surface area contributed by atoms with Gasteiger partial charge >= 0.3 is 0 Å². The van der Waals surface area contributed by atoms with Gasteiger partial charge in [0, 0.05) is 31.9 Å². The van der Waals surface area contributed by atoms with Crippen LogP contribution in [0.2, 0.25) is 0 Å². The molecule has 2 N–H and O–H groups in total. The van der Waals surface area contributed by atoms with Gasteiger partial charge in [-0.25, -0.2) is 8.42 Å². The zero-order chi connectivity index (χ0) is 20.3. The van der Waals surface area contributed by atoms with Gasteiger partial charge in [-0.1, -0.05) is 24.3 Å². The van der Waals surface area contributed by atoms with Crippen LogP contribution in [0.4, 0.5) is 5.69 Å². The molecule has 2 aromatic rings. The Balaban J connectivity index is 1.37. The van der Waals surface area contributed by atoms with E-state index in [2.05, 4.69) is 16.7 Å². The summed E-state index contributed by atoms with van der Waals surface area (Å²) in [6.45, 7) is 2.39. The third-order valence-electron chi connectivity index (χ3n) is 5.36. The molecule has 1 atom stereocenters. The van der Waals surface area contributed by atoms with Crippen LogP contribution in [-0.4, -0.2) is 43.6 Å². The molecule has 1 fully saturated rings. The Kier molecular flexibility index (Phi) is 6.15. The molecule has 6 nitrogen and oxygen atoms in total. The normalized spacial score (nSPS) is 19.5. The molecule has 0 bridgehead atoms. The van der Waals surface area contributed by atoms with Crippen molar-refractivity contribution in [1.82, 2.24) is 9.62 Å². The average Bonchev–Trinajstić information content (AvgIpc) is 3.26. The van der Waals surface area contributed by atoms with Crippen molar-refractivity contribution in [1.29, 1.82) is 0 Å². The highest BCUT2D eigenvalue weighted by Gasteiger charge is 2.28. The number of rotatable bonds is 5. The van der Waals surface area contributed by atoms with Gasteiger partial charge in [0.2, 0.25) is 10.0 Å². The second-order valence-corrected chi connectivity index (χ2v) is 9.70. The molecule has 4 rings (SSSR count). The highest BCUT2D eigenvalue weighted by molar-refractivity contribution is 7.89. The van der Waals surface area contributed by atoms with Crippen molar-refractivity contribution in [2.45, 2.75) is 36.8 Å². The van der Waals surface area contributed by atoms with Gasteiger partial charge < -0.3 is 15.4 Å². The predicted octanol–water partition coefficient (Wildman–Crippen LogP) is 2.90. The predicted molar refractivity (Wildman–Crippen MR) is 117 cm³/mol. The smallest absolute Gasteiger partial charge is 0.243 e. The molecule has 0 unspecified atom stereocenters. The van der Waals surface area contributed by atoms with Crippen LogP contribution in [0.5, 0.6) is 0 Å². The summed E-state index contributed by atoms with van der Waals surface area (Å²) in [6, 6.07) is 14.7. The first-order valence-corrected chi connectivity index (χ1v) is 11.7. The van der Waals surface area contributed by atoms with Crippen molar-refractivity contribution in [2.75, 3.05) is 25.0 Å². The van der Waals surface area contributed by atoms with Crippen LogP contribution in [-0.2, 0) is 27.7 Å². The summed E-state index contributed by atoms with van der Waals surface area (Å²) in [4.78, 5) is 0.292. The summed E-state index contributed by atoms with van der Waals surface area (Å²) in [7, 11) is -3.53. The summed E-state index contributed by atoms with van der Waals surface area (Å²) in [5.41, 5.74) is 3.04. The summed E-state index contributed by atoms with van der Waals surface area (Å²) < 4.78 is 33.2. The molecule has 2 aliphatic rings. The molecule has 2 aliphatic heterocycles. The second kappa shape index (κ2) is 8.79. The standard InChI is InChI=1S/C21H25N3O3S2/c25-29(26,24-12-11-16-4-1-2-5-17(16)15-24)20-9-7-18(8-10-20)23-21(28)22-14-19-6-3-13-27-19/h1-2,4-5,7-10,19H,3,6,11-15H2,(H2,22,23,28)/t19-/m1/s1. The lowest BCUT2D eigenvalue weighted by molar-refractivity contribution is 0.114. The fourth-order valence-electron chi connectivity index (χ4n) is 3.72. The first kappa shape index (κ1) is 20.3. The quantitative estimate of drug-likeness (QED) is 0.710. The van der Waals surface area contributed by atoms with Gasteiger partial charge in [0.25, 0.3) is 0 Å². The van der Waals surface area contributed by atoms with E-state index in [4.69, 9.17) is 17.0 Å². The molecule has 154 valence electrons. The van der Waals surface area contributed by atoms with Crippen molar-refractivity contribution in [3.8, 4) is 0 Å². The fourth-order valence-corrected chi connectivity index (χ4v) is 5.34. The summed E-state index contributed by atoms with van der Waals surface area (Å²) in [5.74, 6) is 0. The van der Waals surface area contributed by atoms with Gasteiger partial charge in [0.05, 0.1) is 11.0 Å². The van der Waals surface area contributed by atoms with Crippen molar-refractivity contribution in [2.24, 2.45) is 0 Å². The SMILES string of the molecule is O=S(=O)(c1ccc(NC(=S)NC[C@H]2CCCO2)cc1)N1CCc2ccccc2C1. The monoisotopic (exact) mass is 431 g/mol. The van der Waals surface area contributed by atoms with E-state index in [1.54, 1.807) is 28.6 Å². The van der Waals surface area contributed by atoms with Crippen LogP contribution in [0.15, 0.2) is 53.4 Å². The van der Waals surface area contributed by atoms with Gasteiger partial charge in [0.15, 0.2) is 5.11 Å². The van der Waals surface area contributed by atoms with Crippen molar-refractivity contribution < 1.29 is 13.2 Å². The fraction of sp³-hybridized carbons (Fsp3) is 0.381. The van der Waals surface area contributed by atoms with Crippen LogP contribution < -0.4 is 10.6 Å². The third kappa shape index (κ3) is 4.78. The lowest BCUT2D eigenvalue weighted by atomic mass is 10.0. The number of nitrogens with one attached hydrogen (secondary N) is 2. The number of anilines is 1. The number of hydrogen-bond acceptors (Lipinski definition) is 4. The molecule has 29 heavy (non-hydrogen) atoms. The minimum absolute atomic E-state index is 0.206. The molecule has 8 heteroatoms. The molecule has 0 aliphatic carbocycles. The molecule has 2 heterocycles. The zero-order valence-corrected chi connectivity index (χ0v) is 17.8. The molecule has 0 aromatic heterocycles. The Morgan fingerprint density at radius 2 is 1.90 bits per heavy atom. The van der Waals surface area contributed by atoms with E-state index in [0.29, 0.717) is 29.6 Å². The van der Waals surface area contributed by atoms with E-state index < -0.39 is 10.0 Å². The highest BCUT2D eigenvalue weighted by atomic mass is 32.2. The zero-order valence-electron chi connectivity index (χ0n) is 16.1. The maximum atomic E-state index is 13.0. The van der Waals surface area contributed by atoms with Crippen LogP contribution in [0.25, 0.3) is 0 Å². The number of benzene rings is 2. The van der Waals surface area contributed by atoms with E-state index in [1.165, 1.54) is 5.56 Å². The van der Waals surface area contributed by atoms with E-state index in [1.807, 2.05) is 18.2 Å². The van der Waals surface area contributed by atoms with E-state index in [0.717, 1.165) is 37.1 Å². The molecular weight excluding hydrogens is 406 g/mol. The van der Waals surface area contributed by atoms with Gasteiger partial charge in [0.1, 0.15) is 0 Å². The average molecular weight is 432 g/mol. The maximum absolute atomic E-state index is 13.0. The first-order valence-electron chi connectivity index (χ1n) is 9.86. The van der Waals surface area contributed by atoms with Crippen LogP contribution >= 0.6 is 12.2 Å². The third-order valence-corrected chi connectivity index (χ3v) is 7.47. The largest absolute Gasteiger partial charge is 0.376 e. The lowest BCUT2D eigenvalue weighted by Gasteiger charge is -2.28. The summed E-state index contributed by atoms with van der Waals surface area (Å²) in [6.07, 6.45) is 3.07. The van der Waals surface area contributed by atoms with Crippen LogP contribution in [0.1, 0.15) is 24.0 Å². The van der Waals surface area contributed by atoms with Gasteiger partial charge in [-0.3, -0.25) is 0 Å². The molecule has 2 aromatic carbocycles. The van der Waals surface area contributed by atoms with Crippen molar-refractivity contribution in [3.63, 3.8) is 0 Å². The van der Waals surface area contributed by atoms with E-state index in [9.17, 15) is 8.42 Å². The number of hydrogen-bond donors (Lipinski definition) is 2. The molecule has 1 saturated heterocycles. The van der Waals surface area contributed by atoms with Gasteiger partial charge in [-0.15, -0.1) is 0 Å². The Labute approximate surface area is 177 Å². The molecule has 0 spiro atoms. The van der Waals surface area contributed by atoms with Crippen LogP contribution in [0, 0.1) is 0 Å². The van der Waals surface area contributed by atoms with Crippen LogP contribution in [0.3, 0.4) is 0 Å². The van der Waals surface area contributed by atoms with Gasteiger partial charge in [-0.2, -0.15) is 4.31 Å². The number of nitrogens with zero attached hydrogens (tertiary/aromatic N) is 1. The molecular formula is C21H25N3O3S2. The minimum Gasteiger partial charge on any atom is -0.376 e. The Morgan fingerprint density at radius 3 is 2.62 bits per heavy atom. The number of ether oxygens (including phenoxy) is 1.